The molecule has 0 aliphatic heterocycles. The maximum atomic E-state index is 12.5. The summed E-state index contributed by atoms with van der Waals surface area (Å²) in [6.07, 6.45) is 9.94. The molecular formula is C22H25N2O+. The Kier molecular flexibility index (Phi) is 4.39. The number of benzene rings is 1. The van der Waals surface area contributed by atoms with E-state index in [0.717, 1.165) is 28.5 Å². The fraction of sp³-hybridized carbons (Fsp3) is 0.364. The van der Waals surface area contributed by atoms with Crippen LogP contribution in [0.4, 0.5) is 0 Å². The van der Waals surface area contributed by atoms with Gasteiger partial charge in [0.15, 0.2) is 6.20 Å². The lowest BCUT2D eigenvalue weighted by Crippen LogP contribution is -2.35. The van der Waals surface area contributed by atoms with Gasteiger partial charge in [0.05, 0.1) is 5.52 Å². The summed E-state index contributed by atoms with van der Waals surface area (Å²) in [5, 5.41) is 2.32. The van der Waals surface area contributed by atoms with Gasteiger partial charge in [0, 0.05) is 35.4 Å². The molecule has 3 heteroatoms. The van der Waals surface area contributed by atoms with Gasteiger partial charge in [0.2, 0.25) is 5.52 Å². The van der Waals surface area contributed by atoms with Gasteiger partial charge in [-0.05, 0) is 12.5 Å². The van der Waals surface area contributed by atoms with Crippen LogP contribution in [0.5, 0.6) is 0 Å². The van der Waals surface area contributed by atoms with E-state index in [2.05, 4.69) is 29.8 Å². The molecule has 0 aliphatic rings. The summed E-state index contributed by atoms with van der Waals surface area (Å²) in [6, 6.07) is 14.0. The van der Waals surface area contributed by atoms with E-state index in [1.165, 1.54) is 43.9 Å². The highest BCUT2D eigenvalue weighted by Gasteiger charge is 2.19. The van der Waals surface area contributed by atoms with E-state index >= 15 is 0 Å². The first-order chi connectivity index (χ1) is 12.3. The Balaban J connectivity index is 1.72. The summed E-state index contributed by atoms with van der Waals surface area (Å²) in [5.74, 6) is 0. The lowest BCUT2D eigenvalue weighted by atomic mass is 10.1. The van der Waals surface area contributed by atoms with E-state index in [0.29, 0.717) is 0 Å². The number of para-hydroxylation sites is 1. The zero-order chi connectivity index (χ0) is 17.2. The summed E-state index contributed by atoms with van der Waals surface area (Å²) < 4.78 is 4.18. The Labute approximate surface area is 147 Å². The highest BCUT2D eigenvalue weighted by Crippen LogP contribution is 2.28. The number of unbranched alkanes of at least 4 members (excludes halogenated alkanes) is 5. The molecule has 3 nitrogen and oxygen atoms in total. The molecule has 1 aromatic carbocycles. The molecule has 0 aliphatic carbocycles. The van der Waals surface area contributed by atoms with Gasteiger partial charge in [-0.3, -0.25) is 9.20 Å². The average Bonchev–Trinajstić information content (AvgIpc) is 2.98. The number of hydrogen-bond acceptors (Lipinski definition) is 1. The third kappa shape index (κ3) is 2.78. The van der Waals surface area contributed by atoms with Crippen LogP contribution in [0.15, 0.2) is 53.5 Å². The molecule has 0 fully saturated rings. The number of aromatic nitrogens is 2. The van der Waals surface area contributed by atoms with Crippen molar-refractivity contribution < 1.29 is 4.57 Å². The zero-order valence-corrected chi connectivity index (χ0v) is 14.9. The lowest BCUT2D eigenvalue weighted by molar-refractivity contribution is -0.671. The van der Waals surface area contributed by atoms with Crippen molar-refractivity contribution >= 4 is 27.3 Å². The Hall–Kier alpha value is -2.42. The van der Waals surface area contributed by atoms with E-state index < -0.39 is 0 Å². The van der Waals surface area contributed by atoms with Gasteiger partial charge >= 0.3 is 0 Å². The second-order valence-corrected chi connectivity index (χ2v) is 6.95. The minimum Gasteiger partial charge on any atom is -0.270 e. The average molecular weight is 333 g/mol. The molecule has 0 bridgehead atoms. The van der Waals surface area contributed by atoms with Gasteiger partial charge in [-0.15, -0.1) is 0 Å². The van der Waals surface area contributed by atoms with Crippen molar-refractivity contribution in [3.63, 3.8) is 0 Å². The van der Waals surface area contributed by atoms with Crippen LogP contribution in [0.3, 0.4) is 0 Å². The predicted octanol–water partition coefficient (Wildman–Crippen LogP) is 4.69. The van der Waals surface area contributed by atoms with Crippen molar-refractivity contribution in [1.29, 1.82) is 0 Å². The van der Waals surface area contributed by atoms with Crippen molar-refractivity contribution in [2.75, 3.05) is 0 Å². The highest BCUT2D eigenvalue weighted by atomic mass is 16.1. The largest absolute Gasteiger partial charge is 0.270 e. The first-order valence-electron chi connectivity index (χ1n) is 9.49. The van der Waals surface area contributed by atoms with Gasteiger partial charge in [-0.2, -0.15) is 4.57 Å². The molecule has 3 aromatic heterocycles. The van der Waals surface area contributed by atoms with E-state index in [-0.39, 0.29) is 5.56 Å². The fourth-order valence-corrected chi connectivity index (χ4v) is 3.95. The third-order valence-electron chi connectivity index (χ3n) is 5.24. The number of pyridine rings is 2. The van der Waals surface area contributed by atoms with Gasteiger partial charge in [0.1, 0.15) is 12.1 Å². The molecular weight excluding hydrogens is 308 g/mol. The molecule has 0 atom stereocenters. The van der Waals surface area contributed by atoms with Crippen LogP contribution >= 0.6 is 0 Å². The first kappa shape index (κ1) is 16.1. The predicted molar refractivity (Wildman–Crippen MR) is 103 cm³/mol. The first-order valence-corrected chi connectivity index (χ1v) is 9.49. The number of nitrogens with zero attached hydrogens (tertiary/aromatic N) is 2. The van der Waals surface area contributed by atoms with Crippen LogP contribution in [-0.2, 0) is 6.54 Å². The van der Waals surface area contributed by atoms with Crippen LogP contribution in [0, 0.1) is 0 Å². The van der Waals surface area contributed by atoms with Crippen LogP contribution in [0.2, 0.25) is 0 Å². The van der Waals surface area contributed by atoms with Crippen molar-refractivity contribution in [2.45, 2.75) is 52.0 Å². The second-order valence-electron chi connectivity index (χ2n) is 6.95. The van der Waals surface area contributed by atoms with Crippen LogP contribution < -0.4 is 10.1 Å². The number of hydrogen-bond donors (Lipinski definition) is 0. The summed E-state index contributed by atoms with van der Waals surface area (Å²) in [5.41, 5.74) is 3.27. The minimum atomic E-state index is 0.0519. The Morgan fingerprint density at radius 3 is 2.56 bits per heavy atom. The summed E-state index contributed by atoms with van der Waals surface area (Å²) in [6.45, 7) is 3.26. The Morgan fingerprint density at radius 2 is 1.68 bits per heavy atom. The third-order valence-corrected chi connectivity index (χ3v) is 5.24. The SMILES string of the molecule is CCCCCCCC[n+]1ccc2c3ccccc3n3c(=O)ccc1c23. The molecule has 128 valence electrons. The minimum absolute atomic E-state index is 0.0519. The van der Waals surface area contributed by atoms with E-state index in [1.54, 1.807) is 6.07 Å². The molecule has 0 N–H and O–H groups in total. The summed E-state index contributed by atoms with van der Waals surface area (Å²) in [4.78, 5) is 12.5. The molecule has 0 unspecified atom stereocenters. The maximum absolute atomic E-state index is 12.5. The van der Waals surface area contributed by atoms with Gasteiger partial charge < -0.3 is 0 Å². The molecule has 0 radical (unpaired) electrons. The topological polar surface area (TPSA) is 25.4 Å². The van der Waals surface area contributed by atoms with Crippen LogP contribution in [-0.4, -0.2) is 4.40 Å². The molecule has 0 saturated heterocycles. The smallest absolute Gasteiger partial charge is 0.256 e. The van der Waals surface area contributed by atoms with Crippen LogP contribution in [0.1, 0.15) is 45.4 Å². The maximum Gasteiger partial charge on any atom is 0.256 e. The summed E-state index contributed by atoms with van der Waals surface area (Å²) >= 11 is 0. The van der Waals surface area contributed by atoms with Crippen molar-refractivity contribution in [2.24, 2.45) is 0 Å². The summed E-state index contributed by atoms with van der Waals surface area (Å²) in [7, 11) is 0. The van der Waals surface area contributed by atoms with E-state index in [9.17, 15) is 4.79 Å². The van der Waals surface area contributed by atoms with Gasteiger partial charge in [0.25, 0.3) is 5.56 Å². The standard InChI is InChI=1S/C22H25N2O/c1-2-3-4-5-6-9-15-23-16-14-18-17-10-7-8-11-19(17)24-21(25)13-12-20(23)22(18)24/h7-8,10-14,16H,2-6,9,15H2,1H3/q+1. The zero-order valence-electron chi connectivity index (χ0n) is 14.9. The van der Waals surface area contributed by atoms with E-state index in [4.69, 9.17) is 0 Å². The van der Waals surface area contributed by atoms with Crippen molar-refractivity contribution in [1.82, 2.24) is 4.40 Å². The molecule has 4 aromatic rings. The van der Waals surface area contributed by atoms with E-state index in [1.807, 2.05) is 28.7 Å². The fourth-order valence-electron chi connectivity index (χ4n) is 3.95. The molecule has 0 amide bonds. The Morgan fingerprint density at radius 1 is 0.880 bits per heavy atom. The van der Waals surface area contributed by atoms with Crippen LogP contribution in [0.25, 0.3) is 27.3 Å². The van der Waals surface area contributed by atoms with Crippen molar-refractivity contribution in [3.05, 3.63) is 59.0 Å². The highest BCUT2D eigenvalue weighted by molar-refractivity contribution is 6.11. The number of aryl methyl sites for hydroxylation is 1. The molecule has 0 spiro atoms. The van der Waals surface area contributed by atoms with Crippen molar-refractivity contribution in [3.8, 4) is 0 Å². The molecule has 25 heavy (non-hydrogen) atoms. The lowest BCUT2D eigenvalue weighted by Gasteiger charge is -2.03. The number of rotatable bonds is 7. The quantitative estimate of drug-likeness (QED) is 0.356. The molecule has 0 saturated carbocycles. The number of fused-ring (bicyclic) bond motifs is 3. The second kappa shape index (κ2) is 6.83. The monoisotopic (exact) mass is 333 g/mol. The normalized spacial score (nSPS) is 11.9. The molecule has 4 rings (SSSR count). The van der Waals surface area contributed by atoms with Gasteiger partial charge in [-0.25, -0.2) is 0 Å². The molecule has 3 heterocycles. The van der Waals surface area contributed by atoms with Gasteiger partial charge in [-0.1, -0.05) is 50.8 Å². The Bertz CT molecular complexity index is 1060.